The van der Waals surface area contributed by atoms with Crippen LogP contribution < -0.4 is 48.7 Å². The third kappa shape index (κ3) is 19.5. The van der Waals surface area contributed by atoms with Crippen molar-refractivity contribution >= 4 is 71.8 Å². The highest BCUT2D eigenvalue weighted by Crippen LogP contribution is 2.21. The van der Waals surface area contributed by atoms with Crippen LogP contribution in [0.15, 0.2) is 73.2 Å². The topological polar surface area (TPSA) is 400 Å². The van der Waals surface area contributed by atoms with E-state index in [2.05, 4.69) is 59.8 Å². The molecule has 25 nitrogen and oxygen atoms in total. The number of hydrogen-bond donors (Lipinski definition) is 14. The number of rotatable bonds is 32. The van der Waals surface area contributed by atoms with Crippen LogP contribution in [-0.2, 0) is 67.2 Å². The number of thiol groups is 1. The Labute approximate surface area is 457 Å². The zero-order valence-electron chi connectivity index (χ0n) is 43.9. The van der Waals surface area contributed by atoms with Gasteiger partial charge in [0.15, 0.2) is 0 Å². The molecule has 426 valence electrons. The number of aliphatic carboxylic acids is 2. The quantitative estimate of drug-likeness (QED) is 0.0242. The Morgan fingerprint density at radius 3 is 1.81 bits per heavy atom. The minimum Gasteiger partial charge on any atom is -0.481 e. The summed E-state index contributed by atoms with van der Waals surface area (Å²) in [5.41, 5.74) is 13.0. The molecule has 15 N–H and O–H groups in total. The number of hydrogen-bond acceptors (Lipinski definition) is 15. The number of aromatic amines is 1. The second-order valence-electron chi connectivity index (χ2n) is 19.3. The fraction of sp³-hybridized carbons (Fsp3) is 0.519. The number of carbonyl (C=O) groups is 10. The van der Waals surface area contributed by atoms with Crippen molar-refractivity contribution < 1.29 is 63.3 Å². The van der Waals surface area contributed by atoms with Gasteiger partial charge in [-0.05, 0) is 62.6 Å². The first-order chi connectivity index (χ1) is 37.2. The molecule has 0 radical (unpaired) electrons. The molecule has 0 spiro atoms. The number of aliphatic hydroxyl groups is 1. The number of imidazole rings is 1. The molecule has 3 aromatic rings. The Hall–Kier alpha value is -7.42. The number of carboxylic acid groups (broad SMARTS) is 2. The zero-order chi connectivity index (χ0) is 57.5. The number of benzene rings is 2. The smallest absolute Gasteiger partial charge is 0.326 e. The molecule has 2 aromatic carbocycles. The summed E-state index contributed by atoms with van der Waals surface area (Å²) in [6, 6.07) is 4.99. The second kappa shape index (κ2) is 31.7. The van der Waals surface area contributed by atoms with Crippen LogP contribution in [0.25, 0.3) is 0 Å². The number of nitrogens with two attached hydrogens (primary N) is 2. The molecule has 26 heteroatoms. The third-order valence-corrected chi connectivity index (χ3v) is 13.6. The van der Waals surface area contributed by atoms with E-state index < -0.39 is 132 Å². The lowest BCUT2D eigenvalue weighted by Crippen LogP contribution is -2.62. The molecular weight excluding hydrogens is 1030 g/mol. The van der Waals surface area contributed by atoms with Crippen molar-refractivity contribution in [2.75, 3.05) is 18.8 Å². The van der Waals surface area contributed by atoms with E-state index in [1.54, 1.807) is 74.5 Å². The molecule has 11 atom stereocenters. The molecule has 1 aliphatic heterocycles. The fourth-order valence-corrected chi connectivity index (χ4v) is 8.88. The van der Waals surface area contributed by atoms with Gasteiger partial charge in [0.1, 0.15) is 48.3 Å². The van der Waals surface area contributed by atoms with E-state index in [0.29, 0.717) is 49.0 Å². The lowest BCUT2D eigenvalue weighted by molar-refractivity contribution is -0.143. The van der Waals surface area contributed by atoms with Gasteiger partial charge in [0, 0.05) is 43.5 Å². The number of amides is 8. The highest BCUT2D eigenvalue weighted by molar-refractivity contribution is 7.80. The maximum absolute atomic E-state index is 14.7. The molecule has 2 heterocycles. The SMILES string of the molecule is CC[C@H](C)[C@H](NC(=O)[C@H](CS)NC(=O)[C@@H]1CCCN1C(=O)[C@H](Cc1ccccc1)NC(=O)[C@H](Cc1cnc[nH]1)NC(=O)[C@@H](NC(=O)[C@@H](N)CC(=O)O)[C@@H](C)O)C(=O)N[C@H](CCCCN)C(=O)N[C@@H](Cc1ccccc1)C(=O)O. The number of nitrogens with one attached hydrogen (secondary N) is 8. The normalized spacial score (nSPS) is 17.0. The molecule has 0 aliphatic carbocycles. The van der Waals surface area contributed by atoms with Gasteiger partial charge < -0.3 is 73.9 Å². The van der Waals surface area contributed by atoms with Gasteiger partial charge in [0.2, 0.25) is 47.3 Å². The monoisotopic (exact) mass is 1110 g/mol. The van der Waals surface area contributed by atoms with Crippen LogP contribution in [0, 0.1) is 5.92 Å². The first kappa shape index (κ1) is 63.1. The number of nitrogens with zero attached hydrogens (tertiary/aromatic N) is 2. The van der Waals surface area contributed by atoms with Crippen LogP contribution >= 0.6 is 12.6 Å². The van der Waals surface area contributed by atoms with Crippen LogP contribution in [0.3, 0.4) is 0 Å². The third-order valence-electron chi connectivity index (χ3n) is 13.2. The number of likely N-dealkylation sites (tertiary alicyclic amines) is 1. The van der Waals surface area contributed by atoms with Crippen molar-refractivity contribution in [1.29, 1.82) is 0 Å². The van der Waals surface area contributed by atoms with E-state index in [1.165, 1.54) is 24.3 Å². The van der Waals surface area contributed by atoms with Crippen LogP contribution in [0.2, 0.25) is 0 Å². The second-order valence-corrected chi connectivity index (χ2v) is 19.6. The minimum atomic E-state index is -1.70. The van der Waals surface area contributed by atoms with Crippen LogP contribution in [-0.4, -0.2) is 169 Å². The van der Waals surface area contributed by atoms with Crippen molar-refractivity contribution in [3.8, 4) is 0 Å². The molecule has 0 saturated carbocycles. The number of aromatic nitrogens is 2. The first-order valence-corrected chi connectivity index (χ1v) is 26.5. The first-order valence-electron chi connectivity index (χ1n) is 25.8. The van der Waals surface area contributed by atoms with Gasteiger partial charge in [-0.15, -0.1) is 0 Å². The summed E-state index contributed by atoms with van der Waals surface area (Å²) in [5, 5.41) is 47.7. The number of carboxylic acids is 2. The van der Waals surface area contributed by atoms with E-state index >= 15 is 0 Å². The minimum absolute atomic E-state index is 0.0190. The Bertz CT molecular complexity index is 2490. The van der Waals surface area contributed by atoms with Crippen LogP contribution in [0.1, 0.15) is 82.5 Å². The summed E-state index contributed by atoms with van der Waals surface area (Å²) in [5.74, 6) is -10.1. The van der Waals surface area contributed by atoms with E-state index in [1.807, 2.05) is 0 Å². The Morgan fingerprint density at radius 2 is 1.26 bits per heavy atom. The van der Waals surface area contributed by atoms with Gasteiger partial charge in [-0.25, -0.2) is 9.78 Å². The summed E-state index contributed by atoms with van der Waals surface area (Å²) in [4.78, 5) is 143. The Morgan fingerprint density at radius 1 is 0.705 bits per heavy atom. The molecule has 1 fully saturated rings. The molecule has 1 aliphatic rings. The van der Waals surface area contributed by atoms with Gasteiger partial charge >= 0.3 is 11.9 Å². The zero-order valence-corrected chi connectivity index (χ0v) is 44.8. The van der Waals surface area contributed by atoms with Crippen molar-refractivity contribution in [3.05, 3.63) is 90.0 Å². The average molecular weight is 1110 g/mol. The van der Waals surface area contributed by atoms with Crippen molar-refractivity contribution in [1.82, 2.24) is 52.1 Å². The molecule has 1 aromatic heterocycles. The fourth-order valence-electron chi connectivity index (χ4n) is 8.62. The van der Waals surface area contributed by atoms with E-state index in [9.17, 15) is 58.2 Å². The predicted octanol–water partition coefficient (Wildman–Crippen LogP) is -1.81. The molecule has 0 bridgehead atoms. The molecule has 78 heavy (non-hydrogen) atoms. The molecule has 4 rings (SSSR count). The van der Waals surface area contributed by atoms with Crippen molar-refractivity contribution in [2.45, 2.75) is 145 Å². The maximum Gasteiger partial charge on any atom is 0.326 e. The van der Waals surface area contributed by atoms with Gasteiger partial charge in [0.25, 0.3) is 0 Å². The number of unbranched alkanes of at least 4 members (excludes halogenated alkanes) is 1. The molecule has 1 saturated heterocycles. The van der Waals surface area contributed by atoms with Crippen LogP contribution in [0.4, 0.5) is 0 Å². The lowest BCUT2D eigenvalue weighted by atomic mass is 9.97. The average Bonchev–Trinajstić information content (AvgIpc) is 4.14. The summed E-state index contributed by atoms with van der Waals surface area (Å²) < 4.78 is 0. The molecule has 8 amide bonds. The lowest BCUT2D eigenvalue weighted by Gasteiger charge is -2.31. The summed E-state index contributed by atoms with van der Waals surface area (Å²) in [6.07, 6.45) is 1.99. The highest BCUT2D eigenvalue weighted by atomic mass is 32.1. The van der Waals surface area contributed by atoms with E-state index in [-0.39, 0.29) is 44.4 Å². The predicted molar refractivity (Wildman–Crippen MR) is 287 cm³/mol. The van der Waals surface area contributed by atoms with E-state index in [0.717, 1.165) is 0 Å². The highest BCUT2D eigenvalue weighted by Gasteiger charge is 2.41. The molecule has 0 unspecified atom stereocenters. The maximum atomic E-state index is 14.7. The van der Waals surface area contributed by atoms with Crippen molar-refractivity contribution in [2.24, 2.45) is 17.4 Å². The van der Waals surface area contributed by atoms with Gasteiger partial charge in [-0.3, -0.25) is 43.2 Å². The van der Waals surface area contributed by atoms with Gasteiger partial charge in [0.05, 0.1) is 24.9 Å². The summed E-state index contributed by atoms with van der Waals surface area (Å²) in [7, 11) is 0. The van der Waals surface area contributed by atoms with Crippen LogP contribution in [0.5, 0.6) is 0 Å². The Kier molecular flexibility index (Phi) is 25.7. The van der Waals surface area contributed by atoms with Gasteiger partial charge in [-0.1, -0.05) is 80.9 Å². The standard InChI is InChI=1S/C52H74N12O13S/c1-4-29(2)42(49(73)57-35(18-11-12-20-53)45(69)60-38(52(76)77)23-32-16-9-6-10-17-32)62-47(71)39(27-78)61-48(72)40-19-13-21-64(40)51(75)37(22-31-14-7-5-8-15-31)59-46(70)36(24-33-26-55-28-56-33)58-50(74)43(30(3)65)63-44(68)34(54)25-41(66)67/h5-10,14-17,26,28-30,34-40,42-43,65,78H,4,11-13,18-25,27,53-54H2,1-3H3,(H,55,56)(H,57,73)(H,58,74)(H,59,70)(H,60,69)(H,61,72)(H,62,71)(H,63,68)(H,66,67)(H,76,77)/t29-,30+,34-,35+,36-,37-,38-,39-,40-,42-,43-/m0/s1. The number of H-pyrrole nitrogens is 1. The summed E-state index contributed by atoms with van der Waals surface area (Å²) in [6.45, 7) is 5.05. The van der Waals surface area contributed by atoms with Gasteiger partial charge in [-0.2, -0.15) is 12.6 Å². The number of aliphatic hydroxyl groups excluding tert-OH is 1. The largest absolute Gasteiger partial charge is 0.481 e. The molecular formula is C52H74N12O13S. The van der Waals surface area contributed by atoms with E-state index in [4.69, 9.17) is 16.6 Å². The van der Waals surface area contributed by atoms with Crippen molar-refractivity contribution in [3.63, 3.8) is 0 Å². The number of carbonyl (C=O) groups excluding carboxylic acids is 8. The Balaban J connectivity index is 1.53. The summed E-state index contributed by atoms with van der Waals surface area (Å²) >= 11 is 4.35.